The van der Waals surface area contributed by atoms with E-state index in [1.54, 1.807) is 19.2 Å². The molecule has 1 aliphatic rings. The molecule has 1 N–H and O–H groups in total. The highest BCUT2D eigenvalue weighted by Gasteiger charge is 2.43. The SMILES string of the molecule is CN(CC(O)c1cccs1)C(=O)C1CCN(C(=O)C(F)(F)F)CC1. The van der Waals surface area contributed by atoms with Crippen molar-refractivity contribution in [1.29, 1.82) is 0 Å². The summed E-state index contributed by atoms with van der Waals surface area (Å²) in [5.74, 6) is -2.50. The van der Waals surface area contributed by atoms with Crippen LogP contribution in [-0.2, 0) is 9.59 Å². The lowest BCUT2D eigenvalue weighted by atomic mass is 9.95. The van der Waals surface area contributed by atoms with Gasteiger partial charge >= 0.3 is 12.1 Å². The van der Waals surface area contributed by atoms with Gasteiger partial charge in [0.05, 0.1) is 6.54 Å². The standard InChI is InChI=1S/C15H19F3N2O3S/c1-19(9-11(21)12-3-2-8-24-12)13(22)10-4-6-20(7-5-10)14(23)15(16,17)18/h2-3,8,10-11,21H,4-7,9H2,1H3. The summed E-state index contributed by atoms with van der Waals surface area (Å²) in [6.45, 7) is -0.0484. The van der Waals surface area contributed by atoms with Crippen LogP contribution in [0.5, 0.6) is 0 Å². The summed E-state index contributed by atoms with van der Waals surface area (Å²) in [6.07, 6.45) is -5.27. The van der Waals surface area contributed by atoms with Gasteiger partial charge in [-0.2, -0.15) is 13.2 Å². The second-order valence-electron chi connectivity index (χ2n) is 5.81. The van der Waals surface area contributed by atoms with Crippen molar-refractivity contribution in [2.45, 2.75) is 25.1 Å². The molecule has 1 aliphatic heterocycles. The van der Waals surface area contributed by atoms with E-state index in [9.17, 15) is 27.9 Å². The summed E-state index contributed by atoms with van der Waals surface area (Å²) in [6, 6.07) is 3.58. The van der Waals surface area contributed by atoms with Gasteiger partial charge in [-0.1, -0.05) is 6.07 Å². The van der Waals surface area contributed by atoms with Crippen LogP contribution in [-0.4, -0.2) is 59.6 Å². The van der Waals surface area contributed by atoms with Gasteiger partial charge in [0, 0.05) is 30.9 Å². The normalized spacial score (nSPS) is 17.6. The number of likely N-dealkylation sites (N-methyl/N-ethyl adjacent to an activating group) is 1. The third-order valence-electron chi connectivity index (χ3n) is 4.07. The molecule has 9 heteroatoms. The Bertz CT molecular complexity index is 569. The van der Waals surface area contributed by atoms with Crippen molar-refractivity contribution in [3.8, 4) is 0 Å². The minimum absolute atomic E-state index is 0.0872. The largest absolute Gasteiger partial charge is 0.471 e. The van der Waals surface area contributed by atoms with E-state index in [4.69, 9.17) is 0 Å². The smallest absolute Gasteiger partial charge is 0.386 e. The van der Waals surface area contributed by atoms with Gasteiger partial charge in [-0.05, 0) is 24.3 Å². The van der Waals surface area contributed by atoms with Crippen LogP contribution in [0.15, 0.2) is 17.5 Å². The van der Waals surface area contributed by atoms with Crippen molar-refractivity contribution >= 4 is 23.2 Å². The van der Waals surface area contributed by atoms with E-state index in [-0.39, 0.29) is 38.4 Å². The maximum Gasteiger partial charge on any atom is 0.471 e. The number of hydrogen-bond donors (Lipinski definition) is 1. The van der Waals surface area contributed by atoms with Gasteiger partial charge in [0.2, 0.25) is 5.91 Å². The van der Waals surface area contributed by atoms with Crippen LogP contribution < -0.4 is 0 Å². The Hall–Kier alpha value is -1.61. The molecule has 5 nitrogen and oxygen atoms in total. The summed E-state index contributed by atoms with van der Waals surface area (Å²) in [5, 5.41) is 11.9. The molecule has 1 unspecified atom stereocenters. The molecule has 0 spiro atoms. The summed E-state index contributed by atoms with van der Waals surface area (Å²) in [4.78, 5) is 26.4. The maximum absolute atomic E-state index is 12.4. The molecule has 134 valence electrons. The van der Waals surface area contributed by atoms with Crippen molar-refractivity contribution in [1.82, 2.24) is 9.80 Å². The molecule has 1 fully saturated rings. The van der Waals surface area contributed by atoms with Gasteiger partial charge in [0.25, 0.3) is 0 Å². The monoisotopic (exact) mass is 364 g/mol. The second kappa shape index (κ2) is 7.52. The zero-order chi connectivity index (χ0) is 17.9. The first-order valence-corrected chi connectivity index (χ1v) is 8.40. The lowest BCUT2D eigenvalue weighted by Gasteiger charge is -2.33. The highest BCUT2D eigenvalue weighted by molar-refractivity contribution is 7.10. The molecule has 1 atom stereocenters. The number of likely N-dealkylation sites (tertiary alicyclic amines) is 1. The van der Waals surface area contributed by atoms with Crippen LogP contribution in [0.2, 0.25) is 0 Å². The number of alkyl halides is 3. The molecule has 24 heavy (non-hydrogen) atoms. The number of piperidine rings is 1. The molecule has 0 aromatic carbocycles. The number of aliphatic hydroxyl groups excluding tert-OH is 1. The van der Waals surface area contributed by atoms with Crippen LogP contribution in [0, 0.1) is 5.92 Å². The van der Waals surface area contributed by atoms with E-state index in [1.807, 2.05) is 5.38 Å². The molecule has 1 saturated heterocycles. The van der Waals surface area contributed by atoms with Crippen molar-refractivity contribution in [2.24, 2.45) is 5.92 Å². The average Bonchev–Trinajstić information content (AvgIpc) is 3.07. The molecule has 0 bridgehead atoms. The Morgan fingerprint density at radius 1 is 1.42 bits per heavy atom. The molecular weight excluding hydrogens is 345 g/mol. The van der Waals surface area contributed by atoms with Crippen molar-refractivity contribution in [2.75, 3.05) is 26.7 Å². The van der Waals surface area contributed by atoms with Gasteiger partial charge in [-0.3, -0.25) is 9.59 Å². The second-order valence-corrected chi connectivity index (χ2v) is 6.79. The Morgan fingerprint density at radius 3 is 2.54 bits per heavy atom. The number of carbonyl (C=O) groups is 2. The van der Waals surface area contributed by atoms with Crippen molar-refractivity contribution < 1.29 is 27.9 Å². The minimum Gasteiger partial charge on any atom is -0.386 e. The van der Waals surface area contributed by atoms with E-state index < -0.39 is 24.1 Å². The van der Waals surface area contributed by atoms with E-state index in [2.05, 4.69) is 0 Å². The zero-order valence-electron chi connectivity index (χ0n) is 13.1. The minimum atomic E-state index is -4.88. The summed E-state index contributed by atoms with van der Waals surface area (Å²) >= 11 is 1.39. The number of carbonyl (C=O) groups excluding carboxylic acids is 2. The van der Waals surface area contributed by atoms with E-state index >= 15 is 0 Å². The Balaban J connectivity index is 1.85. The summed E-state index contributed by atoms with van der Waals surface area (Å²) in [7, 11) is 1.56. The number of halogens is 3. The third kappa shape index (κ3) is 4.47. The molecule has 2 rings (SSSR count). The van der Waals surface area contributed by atoms with Gasteiger partial charge in [-0.15, -0.1) is 11.3 Å². The van der Waals surface area contributed by atoms with Crippen LogP contribution in [0.3, 0.4) is 0 Å². The van der Waals surface area contributed by atoms with Gasteiger partial charge in [0.1, 0.15) is 6.10 Å². The topological polar surface area (TPSA) is 60.9 Å². The highest BCUT2D eigenvalue weighted by atomic mass is 32.1. The molecule has 1 aromatic heterocycles. The fourth-order valence-corrected chi connectivity index (χ4v) is 3.44. The maximum atomic E-state index is 12.4. The number of hydrogen-bond acceptors (Lipinski definition) is 4. The zero-order valence-corrected chi connectivity index (χ0v) is 13.9. The van der Waals surface area contributed by atoms with Crippen molar-refractivity contribution in [3.63, 3.8) is 0 Å². The highest BCUT2D eigenvalue weighted by Crippen LogP contribution is 2.26. The molecule has 0 aliphatic carbocycles. The Labute approximate surface area is 141 Å². The number of rotatable bonds is 4. The van der Waals surface area contributed by atoms with Crippen molar-refractivity contribution in [3.05, 3.63) is 22.4 Å². The Kier molecular flexibility index (Phi) is 5.87. The molecule has 1 aromatic rings. The van der Waals surface area contributed by atoms with Gasteiger partial charge in [-0.25, -0.2) is 0 Å². The van der Waals surface area contributed by atoms with Crippen LogP contribution >= 0.6 is 11.3 Å². The van der Waals surface area contributed by atoms with Crippen LogP contribution in [0.1, 0.15) is 23.8 Å². The van der Waals surface area contributed by atoms with E-state index in [1.165, 1.54) is 16.2 Å². The lowest BCUT2D eigenvalue weighted by molar-refractivity contribution is -0.187. The number of thiophene rings is 1. The first-order chi connectivity index (χ1) is 11.2. The third-order valence-corrected chi connectivity index (χ3v) is 5.04. The first kappa shape index (κ1) is 18.7. The molecule has 2 amide bonds. The average molecular weight is 364 g/mol. The number of nitrogens with zero attached hydrogens (tertiary/aromatic N) is 2. The predicted octanol–water partition coefficient (Wildman–Crippen LogP) is 2.04. The molecular formula is C15H19F3N2O3S. The molecule has 0 radical (unpaired) electrons. The van der Waals surface area contributed by atoms with Crippen LogP contribution in [0.4, 0.5) is 13.2 Å². The predicted molar refractivity (Wildman–Crippen MR) is 82.3 cm³/mol. The number of aliphatic hydroxyl groups is 1. The van der Waals surface area contributed by atoms with E-state index in [0.717, 1.165) is 9.78 Å². The fraction of sp³-hybridized carbons (Fsp3) is 0.600. The summed E-state index contributed by atoms with van der Waals surface area (Å²) in [5.41, 5.74) is 0. The van der Waals surface area contributed by atoms with Crippen LogP contribution in [0.25, 0.3) is 0 Å². The first-order valence-electron chi connectivity index (χ1n) is 7.52. The summed E-state index contributed by atoms with van der Waals surface area (Å²) < 4.78 is 37.2. The van der Waals surface area contributed by atoms with Gasteiger partial charge in [0.15, 0.2) is 0 Å². The molecule has 0 saturated carbocycles. The quantitative estimate of drug-likeness (QED) is 0.890. The number of amides is 2. The van der Waals surface area contributed by atoms with Gasteiger partial charge < -0.3 is 14.9 Å². The Morgan fingerprint density at radius 2 is 2.04 bits per heavy atom. The lowest BCUT2D eigenvalue weighted by Crippen LogP contribution is -2.48. The fourth-order valence-electron chi connectivity index (χ4n) is 2.74. The van der Waals surface area contributed by atoms with E-state index in [0.29, 0.717) is 0 Å². The molecule has 2 heterocycles.